The topological polar surface area (TPSA) is 81.5 Å². The van der Waals surface area contributed by atoms with Gasteiger partial charge in [-0.2, -0.15) is 0 Å². The molecule has 0 aliphatic heterocycles. The Balaban J connectivity index is 2.00. The predicted octanol–water partition coefficient (Wildman–Crippen LogP) is 4.20. The zero-order valence-corrected chi connectivity index (χ0v) is 14.7. The van der Waals surface area contributed by atoms with E-state index in [1.807, 2.05) is 38.1 Å². The summed E-state index contributed by atoms with van der Waals surface area (Å²) in [7, 11) is 0. The first-order valence-electron chi connectivity index (χ1n) is 7.83. The zero-order valence-electron chi connectivity index (χ0n) is 14.0. The van der Waals surface area contributed by atoms with E-state index >= 15 is 0 Å². The molecule has 2 rings (SSSR count). The Hall–Kier alpha value is -2.60. The Bertz CT molecular complexity index is 762. The van der Waals surface area contributed by atoms with Crippen LogP contribution in [0.5, 0.6) is 5.75 Å². The highest BCUT2D eigenvalue weighted by molar-refractivity contribution is 6.30. The summed E-state index contributed by atoms with van der Waals surface area (Å²) in [6, 6.07) is 11.8. The monoisotopic (exact) mass is 362 g/mol. The lowest BCUT2D eigenvalue weighted by Gasteiger charge is -2.18. The Morgan fingerprint density at radius 2 is 1.96 bits per heavy atom. The molecule has 0 aromatic heterocycles. The van der Waals surface area contributed by atoms with Gasteiger partial charge in [0.25, 0.3) is 5.91 Å². The van der Waals surface area contributed by atoms with Crippen LogP contribution in [-0.2, 0) is 4.79 Å². The van der Waals surface area contributed by atoms with Crippen molar-refractivity contribution in [1.82, 2.24) is 5.32 Å². The van der Waals surface area contributed by atoms with Crippen LogP contribution in [0.2, 0.25) is 5.02 Å². The third-order valence-electron chi connectivity index (χ3n) is 3.70. The molecule has 25 heavy (non-hydrogen) atoms. The van der Waals surface area contributed by atoms with Gasteiger partial charge in [-0.1, -0.05) is 48.4 Å². The molecule has 0 bridgehead atoms. The standard InChI is InChI=1S/C18H19ClN2O4/c1-3-15(13-6-4-12(2)5-7-13)20-18(22)11-25-17-9-8-14(19)10-16(17)21(23)24/h4-10,15H,3,11H2,1-2H3,(H,20,22)/t15-/m1/s1. The molecule has 7 heteroatoms. The Kier molecular flexibility index (Phi) is 6.36. The van der Waals surface area contributed by atoms with Gasteiger partial charge in [-0.05, 0) is 31.0 Å². The number of hydrogen-bond acceptors (Lipinski definition) is 4. The molecule has 1 atom stereocenters. The van der Waals surface area contributed by atoms with Crippen molar-refractivity contribution in [1.29, 1.82) is 0 Å². The second-order valence-electron chi connectivity index (χ2n) is 5.60. The van der Waals surface area contributed by atoms with Crippen molar-refractivity contribution >= 4 is 23.2 Å². The highest BCUT2D eigenvalue weighted by Gasteiger charge is 2.18. The molecular weight excluding hydrogens is 344 g/mol. The number of nitrogens with zero attached hydrogens (tertiary/aromatic N) is 1. The van der Waals surface area contributed by atoms with Crippen molar-refractivity contribution in [2.75, 3.05) is 6.61 Å². The summed E-state index contributed by atoms with van der Waals surface area (Å²) in [6.45, 7) is 3.65. The molecule has 1 amide bonds. The molecule has 1 N–H and O–H groups in total. The lowest BCUT2D eigenvalue weighted by atomic mass is 10.0. The number of aryl methyl sites for hydroxylation is 1. The van der Waals surface area contributed by atoms with Crippen LogP contribution in [0, 0.1) is 17.0 Å². The number of ether oxygens (including phenoxy) is 1. The molecular formula is C18H19ClN2O4. The lowest BCUT2D eigenvalue weighted by molar-refractivity contribution is -0.385. The number of nitro groups is 1. The van der Waals surface area contributed by atoms with E-state index in [9.17, 15) is 14.9 Å². The summed E-state index contributed by atoms with van der Waals surface area (Å²) in [5, 5.41) is 14.1. The van der Waals surface area contributed by atoms with Crippen LogP contribution in [0.15, 0.2) is 42.5 Å². The van der Waals surface area contributed by atoms with Crippen LogP contribution in [0.1, 0.15) is 30.5 Å². The summed E-state index contributed by atoms with van der Waals surface area (Å²) in [5.74, 6) is -0.343. The van der Waals surface area contributed by atoms with Gasteiger partial charge in [-0.25, -0.2) is 0 Å². The van der Waals surface area contributed by atoms with Gasteiger partial charge in [0.1, 0.15) is 0 Å². The number of carbonyl (C=O) groups excluding carboxylic acids is 1. The molecule has 2 aromatic carbocycles. The SMILES string of the molecule is CC[C@@H](NC(=O)COc1ccc(Cl)cc1[N+](=O)[O-])c1ccc(C)cc1. The molecule has 2 aromatic rings. The number of nitro benzene ring substituents is 1. The quantitative estimate of drug-likeness (QED) is 0.591. The first-order chi connectivity index (χ1) is 11.9. The minimum Gasteiger partial charge on any atom is -0.477 e. The van der Waals surface area contributed by atoms with Crippen LogP contribution in [-0.4, -0.2) is 17.4 Å². The smallest absolute Gasteiger partial charge is 0.312 e. The second-order valence-corrected chi connectivity index (χ2v) is 6.03. The molecule has 0 aliphatic rings. The summed E-state index contributed by atoms with van der Waals surface area (Å²) >= 11 is 5.75. The zero-order chi connectivity index (χ0) is 18.4. The summed E-state index contributed by atoms with van der Waals surface area (Å²) in [4.78, 5) is 22.6. The molecule has 0 unspecified atom stereocenters. The molecule has 0 radical (unpaired) electrons. The van der Waals surface area contributed by atoms with Crippen molar-refractivity contribution in [3.05, 3.63) is 68.7 Å². The number of rotatable bonds is 7. The first kappa shape index (κ1) is 18.7. The number of amides is 1. The molecule has 0 aliphatic carbocycles. The maximum atomic E-state index is 12.1. The van der Waals surface area contributed by atoms with Gasteiger partial charge in [0.15, 0.2) is 12.4 Å². The maximum absolute atomic E-state index is 12.1. The highest BCUT2D eigenvalue weighted by atomic mass is 35.5. The van der Waals surface area contributed by atoms with Crippen molar-refractivity contribution < 1.29 is 14.5 Å². The molecule has 132 valence electrons. The van der Waals surface area contributed by atoms with Gasteiger partial charge < -0.3 is 10.1 Å². The predicted molar refractivity (Wildman–Crippen MR) is 96.0 cm³/mol. The first-order valence-corrected chi connectivity index (χ1v) is 8.21. The van der Waals surface area contributed by atoms with Crippen LogP contribution in [0.3, 0.4) is 0 Å². The highest BCUT2D eigenvalue weighted by Crippen LogP contribution is 2.29. The van der Waals surface area contributed by atoms with E-state index in [1.165, 1.54) is 18.2 Å². The number of carbonyl (C=O) groups is 1. The second kappa shape index (κ2) is 8.48. The third kappa shape index (κ3) is 5.19. The Labute approximate surface area is 150 Å². The van der Waals surface area contributed by atoms with Gasteiger partial charge in [0.05, 0.1) is 11.0 Å². The van der Waals surface area contributed by atoms with Gasteiger partial charge in [0, 0.05) is 11.1 Å². The molecule has 0 heterocycles. The average molecular weight is 363 g/mol. The molecule has 0 spiro atoms. The lowest BCUT2D eigenvalue weighted by Crippen LogP contribution is -2.32. The normalized spacial score (nSPS) is 11.6. The fraction of sp³-hybridized carbons (Fsp3) is 0.278. The van der Waals surface area contributed by atoms with Gasteiger partial charge in [-0.15, -0.1) is 0 Å². The molecule has 0 fully saturated rings. The maximum Gasteiger partial charge on any atom is 0.312 e. The van der Waals surface area contributed by atoms with Crippen molar-refractivity contribution in [3.8, 4) is 5.75 Å². The fourth-order valence-corrected chi connectivity index (χ4v) is 2.52. The Morgan fingerprint density at radius 1 is 1.28 bits per heavy atom. The van der Waals surface area contributed by atoms with E-state index in [0.717, 1.165) is 17.5 Å². The minimum atomic E-state index is -0.597. The van der Waals surface area contributed by atoms with Crippen LogP contribution in [0.4, 0.5) is 5.69 Å². The third-order valence-corrected chi connectivity index (χ3v) is 3.93. The average Bonchev–Trinajstić information content (AvgIpc) is 2.59. The summed E-state index contributed by atoms with van der Waals surface area (Å²) < 4.78 is 5.30. The van der Waals surface area contributed by atoms with E-state index in [0.29, 0.717) is 0 Å². The van der Waals surface area contributed by atoms with Crippen molar-refractivity contribution in [2.24, 2.45) is 0 Å². The minimum absolute atomic E-state index is 0.00735. The molecule has 0 saturated heterocycles. The number of hydrogen-bond donors (Lipinski definition) is 1. The van der Waals surface area contributed by atoms with Gasteiger partial charge >= 0.3 is 5.69 Å². The number of halogens is 1. The largest absolute Gasteiger partial charge is 0.477 e. The van der Waals surface area contributed by atoms with Gasteiger partial charge in [0.2, 0.25) is 0 Å². The fourth-order valence-electron chi connectivity index (χ4n) is 2.35. The summed E-state index contributed by atoms with van der Waals surface area (Å²) in [5.41, 5.74) is 1.87. The summed E-state index contributed by atoms with van der Waals surface area (Å²) in [6.07, 6.45) is 0.718. The van der Waals surface area contributed by atoms with Crippen molar-refractivity contribution in [2.45, 2.75) is 26.3 Å². The number of benzene rings is 2. The van der Waals surface area contributed by atoms with E-state index < -0.39 is 4.92 Å². The van der Waals surface area contributed by atoms with Crippen molar-refractivity contribution in [3.63, 3.8) is 0 Å². The van der Waals surface area contributed by atoms with Crippen LogP contribution in [0.25, 0.3) is 0 Å². The van der Waals surface area contributed by atoms with Gasteiger partial charge in [-0.3, -0.25) is 14.9 Å². The Morgan fingerprint density at radius 3 is 2.56 bits per heavy atom. The van der Waals surface area contributed by atoms with E-state index in [4.69, 9.17) is 16.3 Å². The van der Waals surface area contributed by atoms with E-state index in [2.05, 4.69) is 5.32 Å². The number of nitrogens with one attached hydrogen (secondary N) is 1. The van der Waals surface area contributed by atoms with Crippen LogP contribution < -0.4 is 10.1 Å². The van der Waals surface area contributed by atoms with E-state index in [-0.39, 0.29) is 35.0 Å². The molecule has 0 saturated carbocycles. The van der Waals surface area contributed by atoms with Crippen LogP contribution >= 0.6 is 11.6 Å². The van der Waals surface area contributed by atoms with E-state index in [1.54, 1.807) is 0 Å². The molecule has 6 nitrogen and oxygen atoms in total.